The van der Waals surface area contributed by atoms with Gasteiger partial charge in [-0.25, -0.2) is 8.42 Å². The van der Waals surface area contributed by atoms with Crippen LogP contribution in [0.3, 0.4) is 0 Å². The molecule has 118 valence electrons. The molecule has 1 atom stereocenters. The van der Waals surface area contributed by atoms with E-state index >= 15 is 0 Å². The molecule has 0 aliphatic rings. The smallest absolute Gasteiger partial charge is 0.186 e. The third-order valence-electron chi connectivity index (χ3n) is 3.46. The van der Waals surface area contributed by atoms with E-state index in [2.05, 4.69) is 0 Å². The summed E-state index contributed by atoms with van der Waals surface area (Å²) >= 11 is 0. The molecule has 0 unspecified atom stereocenters. The highest BCUT2D eigenvalue weighted by Crippen LogP contribution is 2.34. The van der Waals surface area contributed by atoms with Crippen LogP contribution < -0.4 is 15.2 Å². The minimum atomic E-state index is -3.62. The Morgan fingerprint density at radius 3 is 2.18 bits per heavy atom. The molecular weight excluding hydrogens is 302 g/mol. The van der Waals surface area contributed by atoms with E-state index in [1.807, 2.05) is 0 Å². The second-order valence-corrected chi connectivity index (χ2v) is 6.82. The first-order chi connectivity index (χ1) is 10.5. The summed E-state index contributed by atoms with van der Waals surface area (Å²) in [7, 11) is -0.587. The van der Waals surface area contributed by atoms with Crippen LogP contribution >= 0.6 is 0 Å². The number of sulfone groups is 1. The molecule has 6 heteroatoms. The number of ether oxygens (including phenoxy) is 2. The molecule has 0 fully saturated rings. The Morgan fingerprint density at radius 1 is 1.00 bits per heavy atom. The van der Waals surface area contributed by atoms with Gasteiger partial charge in [-0.1, -0.05) is 18.2 Å². The van der Waals surface area contributed by atoms with E-state index < -0.39 is 15.1 Å². The van der Waals surface area contributed by atoms with Crippen LogP contribution in [-0.4, -0.2) is 29.2 Å². The summed E-state index contributed by atoms with van der Waals surface area (Å²) in [6.07, 6.45) is 0. The molecule has 2 aromatic carbocycles. The highest BCUT2D eigenvalue weighted by atomic mass is 32.2. The van der Waals surface area contributed by atoms with Gasteiger partial charge in [-0.3, -0.25) is 0 Å². The van der Waals surface area contributed by atoms with Crippen molar-refractivity contribution >= 4 is 9.84 Å². The molecule has 0 saturated heterocycles. The molecule has 2 rings (SSSR count). The zero-order chi connectivity index (χ0) is 16.2. The lowest BCUT2D eigenvalue weighted by molar-refractivity contribution is 0.408. The average molecular weight is 321 g/mol. The molecule has 0 aliphatic carbocycles. The summed E-state index contributed by atoms with van der Waals surface area (Å²) < 4.78 is 36.0. The number of rotatable bonds is 6. The lowest BCUT2D eigenvalue weighted by Gasteiger charge is -2.19. The second-order valence-electron chi connectivity index (χ2n) is 4.69. The van der Waals surface area contributed by atoms with Gasteiger partial charge in [-0.2, -0.15) is 0 Å². The first kappa shape index (κ1) is 16.3. The third-order valence-corrected chi connectivity index (χ3v) is 5.59. The van der Waals surface area contributed by atoms with Crippen molar-refractivity contribution < 1.29 is 17.9 Å². The number of methoxy groups -OCH3 is 2. The highest BCUT2D eigenvalue weighted by molar-refractivity contribution is 7.91. The largest absolute Gasteiger partial charge is 0.497 e. The van der Waals surface area contributed by atoms with Crippen LogP contribution in [0.5, 0.6) is 11.5 Å². The zero-order valence-corrected chi connectivity index (χ0v) is 13.3. The number of nitrogens with two attached hydrogens (primary N) is 1. The highest BCUT2D eigenvalue weighted by Gasteiger charge is 2.30. The summed E-state index contributed by atoms with van der Waals surface area (Å²) in [6, 6.07) is 13.3. The molecule has 0 saturated carbocycles. The normalized spacial score (nSPS) is 12.7. The molecule has 5 nitrogen and oxygen atoms in total. The van der Waals surface area contributed by atoms with Crippen LogP contribution in [0.2, 0.25) is 0 Å². The van der Waals surface area contributed by atoms with Crippen molar-refractivity contribution in [2.24, 2.45) is 5.73 Å². The summed E-state index contributed by atoms with van der Waals surface area (Å²) in [5.74, 6) is 1.11. The van der Waals surface area contributed by atoms with Gasteiger partial charge in [0.25, 0.3) is 0 Å². The summed E-state index contributed by atoms with van der Waals surface area (Å²) in [5, 5.41) is -0.864. The molecule has 22 heavy (non-hydrogen) atoms. The van der Waals surface area contributed by atoms with Gasteiger partial charge >= 0.3 is 0 Å². The Hall–Kier alpha value is -2.05. The molecule has 2 aromatic rings. The molecular formula is C16H19NO4S. The Labute approximate surface area is 130 Å². The van der Waals surface area contributed by atoms with Crippen molar-refractivity contribution in [2.75, 3.05) is 20.8 Å². The second kappa shape index (κ2) is 6.81. The van der Waals surface area contributed by atoms with Crippen molar-refractivity contribution in [2.45, 2.75) is 10.1 Å². The van der Waals surface area contributed by atoms with E-state index in [1.165, 1.54) is 26.4 Å². The molecule has 0 bridgehead atoms. The van der Waals surface area contributed by atoms with Crippen LogP contribution in [-0.2, 0) is 9.84 Å². The zero-order valence-electron chi connectivity index (χ0n) is 12.5. The Bertz CT molecular complexity index is 726. The van der Waals surface area contributed by atoms with E-state index in [9.17, 15) is 8.42 Å². The molecule has 0 radical (unpaired) electrons. The fourth-order valence-corrected chi connectivity index (χ4v) is 3.91. The number of hydrogen-bond donors (Lipinski definition) is 1. The van der Waals surface area contributed by atoms with E-state index in [1.54, 1.807) is 36.4 Å². The van der Waals surface area contributed by atoms with Crippen LogP contribution in [0.15, 0.2) is 53.4 Å². The van der Waals surface area contributed by atoms with Crippen molar-refractivity contribution in [3.63, 3.8) is 0 Å². The van der Waals surface area contributed by atoms with E-state index in [0.717, 1.165) is 0 Å². The molecule has 2 N–H and O–H groups in total. The monoisotopic (exact) mass is 321 g/mol. The van der Waals surface area contributed by atoms with Gasteiger partial charge in [0.05, 0.1) is 19.1 Å². The van der Waals surface area contributed by atoms with Crippen molar-refractivity contribution in [1.82, 2.24) is 0 Å². The number of hydrogen-bond acceptors (Lipinski definition) is 5. The topological polar surface area (TPSA) is 78.6 Å². The maximum absolute atomic E-state index is 12.9. The SMILES string of the molecule is COc1ccc(S(=O)(=O)[C@H](CN)c2ccccc2OC)cc1. The fraction of sp³-hybridized carbons (Fsp3) is 0.250. The van der Waals surface area contributed by atoms with Crippen molar-refractivity contribution in [1.29, 1.82) is 0 Å². The Balaban J connectivity index is 2.48. The summed E-state index contributed by atoms with van der Waals surface area (Å²) in [6.45, 7) is -0.0330. The fourth-order valence-electron chi connectivity index (χ4n) is 2.28. The van der Waals surface area contributed by atoms with Crippen LogP contribution in [0.1, 0.15) is 10.8 Å². The van der Waals surface area contributed by atoms with Gasteiger partial charge in [0.2, 0.25) is 0 Å². The van der Waals surface area contributed by atoms with Crippen molar-refractivity contribution in [3.8, 4) is 11.5 Å². The first-order valence-corrected chi connectivity index (χ1v) is 8.30. The van der Waals surface area contributed by atoms with Gasteiger partial charge in [0.15, 0.2) is 9.84 Å². The average Bonchev–Trinajstić information content (AvgIpc) is 2.55. The Kier molecular flexibility index (Phi) is 5.05. The van der Waals surface area contributed by atoms with Crippen molar-refractivity contribution in [3.05, 3.63) is 54.1 Å². The van der Waals surface area contributed by atoms with E-state index in [4.69, 9.17) is 15.2 Å². The van der Waals surface area contributed by atoms with E-state index in [-0.39, 0.29) is 11.4 Å². The van der Waals surface area contributed by atoms with Crippen LogP contribution in [0.25, 0.3) is 0 Å². The van der Waals surface area contributed by atoms with Gasteiger partial charge in [-0.15, -0.1) is 0 Å². The molecule has 0 aliphatic heterocycles. The number of para-hydroxylation sites is 1. The maximum atomic E-state index is 12.9. The standard InChI is InChI=1S/C16H19NO4S/c1-20-12-7-9-13(10-8-12)22(18,19)16(11-17)14-5-3-4-6-15(14)21-2/h3-10,16H,11,17H2,1-2H3/t16-/m1/s1. The number of benzene rings is 2. The minimum Gasteiger partial charge on any atom is -0.497 e. The van der Waals surface area contributed by atoms with Gasteiger partial charge in [0.1, 0.15) is 16.7 Å². The van der Waals surface area contributed by atoms with Gasteiger partial charge in [0, 0.05) is 12.1 Å². The predicted octanol–water partition coefficient (Wildman–Crippen LogP) is 2.18. The first-order valence-electron chi connectivity index (χ1n) is 6.75. The predicted molar refractivity (Wildman–Crippen MR) is 85.0 cm³/mol. The van der Waals surface area contributed by atoms with Crippen LogP contribution in [0.4, 0.5) is 0 Å². The minimum absolute atomic E-state index is 0.0330. The molecule has 0 aromatic heterocycles. The summed E-state index contributed by atoms with van der Waals surface area (Å²) in [4.78, 5) is 0.203. The lowest BCUT2D eigenvalue weighted by Crippen LogP contribution is -2.22. The van der Waals surface area contributed by atoms with Gasteiger partial charge < -0.3 is 15.2 Å². The molecule has 0 amide bonds. The lowest BCUT2D eigenvalue weighted by atomic mass is 10.1. The maximum Gasteiger partial charge on any atom is 0.186 e. The summed E-state index contributed by atoms with van der Waals surface area (Å²) in [5.41, 5.74) is 6.31. The third kappa shape index (κ3) is 3.08. The quantitative estimate of drug-likeness (QED) is 0.882. The van der Waals surface area contributed by atoms with E-state index in [0.29, 0.717) is 17.1 Å². The Morgan fingerprint density at radius 2 is 1.64 bits per heavy atom. The van der Waals surface area contributed by atoms with Gasteiger partial charge in [-0.05, 0) is 30.3 Å². The molecule has 0 heterocycles. The molecule has 0 spiro atoms. The van der Waals surface area contributed by atoms with Crippen LogP contribution in [0, 0.1) is 0 Å².